The van der Waals surface area contributed by atoms with Crippen molar-refractivity contribution in [1.29, 1.82) is 0 Å². The van der Waals surface area contributed by atoms with Crippen molar-refractivity contribution in [3.63, 3.8) is 0 Å². The summed E-state index contributed by atoms with van der Waals surface area (Å²) >= 11 is 13.0. The first-order chi connectivity index (χ1) is 8.65. The van der Waals surface area contributed by atoms with Crippen LogP contribution in [0.3, 0.4) is 0 Å². The Labute approximate surface area is 117 Å². The zero-order chi connectivity index (χ0) is 13.0. The van der Waals surface area contributed by atoms with Crippen LogP contribution < -0.4 is 5.43 Å². The van der Waals surface area contributed by atoms with Crippen molar-refractivity contribution in [3.05, 3.63) is 50.4 Å². The molecule has 2 rings (SSSR count). The number of carbonyl (C=O) groups is 1. The average molecular weight is 300 g/mol. The summed E-state index contributed by atoms with van der Waals surface area (Å²) in [6, 6.07) is 4.99. The number of aromatic nitrogens is 1. The van der Waals surface area contributed by atoms with Crippen LogP contribution in [0.25, 0.3) is 0 Å². The van der Waals surface area contributed by atoms with Gasteiger partial charge in [-0.2, -0.15) is 5.10 Å². The summed E-state index contributed by atoms with van der Waals surface area (Å²) in [7, 11) is 0. The predicted molar refractivity (Wildman–Crippen MR) is 73.6 cm³/mol. The zero-order valence-corrected chi connectivity index (χ0v) is 11.3. The minimum atomic E-state index is -0.361. The summed E-state index contributed by atoms with van der Waals surface area (Å²) in [4.78, 5) is 15.4. The smallest absolute Gasteiger partial charge is 0.266 e. The molecule has 0 aliphatic carbocycles. The van der Waals surface area contributed by atoms with Gasteiger partial charge in [0.15, 0.2) is 0 Å². The number of amides is 1. The van der Waals surface area contributed by atoms with Crippen LogP contribution in [0.5, 0.6) is 0 Å². The number of thiazole rings is 1. The maximum Gasteiger partial charge on any atom is 0.290 e. The fraction of sp³-hybridized carbons (Fsp3) is 0. The Kier molecular flexibility index (Phi) is 4.30. The van der Waals surface area contributed by atoms with Crippen molar-refractivity contribution in [2.75, 3.05) is 0 Å². The number of halogens is 2. The van der Waals surface area contributed by atoms with E-state index in [2.05, 4.69) is 15.5 Å². The van der Waals surface area contributed by atoms with E-state index in [4.69, 9.17) is 23.2 Å². The number of carbonyl (C=O) groups excluding carboxylic acids is 1. The molecule has 7 heteroatoms. The number of rotatable bonds is 3. The maximum absolute atomic E-state index is 11.5. The second-order valence-electron chi connectivity index (χ2n) is 3.28. The van der Waals surface area contributed by atoms with Gasteiger partial charge in [0, 0.05) is 15.4 Å². The fourth-order valence-electron chi connectivity index (χ4n) is 1.20. The van der Waals surface area contributed by atoms with E-state index in [1.165, 1.54) is 17.6 Å². The number of nitrogens with one attached hydrogen (secondary N) is 1. The summed E-state index contributed by atoms with van der Waals surface area (Å²) in [5, 5.41) is 6.46. The molecule has 1 amide bonds. The molecule has 0 aliphatic rings. The molecule has 0 bridgehead atoms. The normalized spacial score (nSPS) is 10.8. The van der Waals surface area contributed by atoms with E-state index >= 15 is 0 Å². The van der Waals surface area contributed by atoms with Crippen LogP contribution in [-0.2, 0) is 0 Å². The first kappa shape index (κ1) is 13.0. The van der Waals surface area contributed by atoms with Gasteiger partial charge in [-0.25, -0.2) is 10.4 Å². The Morgan fingerprint density at radius 2 is 2.06 bits per heavy atom. The Balaban J connectivity index is 2.01. The summed E-state index contributed by atoms with van der Waals surface area (Å²) < 4.78 is 0. The van der Waals surface area contributed by atoms with Crippen LogP contribution in [0.2, 0.25) is 10.0 Å². The lowest BCUT2D eigenvalue weighted by Crippen LogP contribution is -2.17. The van der Waals surface area contributed by atoms with Gasteiger partial charge in [0.25, 0.3) is 5.91 Å². The standard InChI is InChI=1S/C11H7Cl2N3OS/c12-8-1-7(2-9(13)3-8)4-15-16-11(17)10-5-18-6-14-10/h1-6H,(H,16,17)/b15-4+. The minimum absolute atomic E-state index is 0.335. The van der Waals surface area contributed by atoms with Gasteiger partial charge in [0.1, 0.15) is 5.69 Å². The molecule has 92 valence electrons. The third-order valence-corrected chi connectivity index (χ3v) is 2.95. The van der Waals surface area contributed by atoms with E-state index in [1.807, 2.05) is 0 Å². The van der Waals surface area contributed by atoms with Gasteiger partial charge in [-0.3, -0.25) is 4.79 Å². The highest BCUT2D eigenvalue weighted by Crippen LogP contribution is 2.17. The molecule has 0 unspecified atom stereocenters. The summed E-state index contributed by atoms with van der Waals surface area (Å²) in [6.07, 6.45) is 1.46. The molecule has 0 atom stereocenters. The molecule has 0 fully saturated rings. The highest BCUT2D eigenvalue weighted by atomic mass is 35.5. The van der Waals surface area contributed by atoms with Crippen LogP contribution in [-0.4, -0.2) is 17.1 Å². The highest BCUT2D eigenvalue weighted by Gasteiger charge is 2.05. The van der Waals surface area contributed by atoms with E-state index in [0.717, 1.165) is 0 Å². The SMILES string of the molecule is O=C(N/N=C/c1cc(Cl)cc(Cl)c1)c1cscn1. The van der Waals surface area contributed by atoms with Gasteiger partial charge in [-0.05, 0) is 23.8 Å². The Bertz CT molecular complexity index is 564. The topological polar surface area (TPSA) is 54.4 Å². The number of benzene rings is 1. The molecule has 0 saturated carbocycles. The second kappa shape index (κ2) is 5.95. The van der Waals surface area contributed by atoms with Gasteiger partial charge in [0.05, 0.1) is 11.7 Å². The van der Waals surface area contributed by atoms with Crippen molar-refractivity contribution >= 4 is 46.7 Å². The first-order valence-electron chi connectivity index (χ1n) is 4.83. The number of hydrazone groups is 1. The van der Waals surface area contributed by atoms with Gasteiger partial charge in [-0.15, -0.1) is 11.3 Å². The first-order valence-corrected chi connectivity index (χ1v) is 6.53. The Hall–Kier alpha value is -1.43. The molecule has 1 N–H and O–H groups in total. The summed E-state index contributed by atoms with van der Waals surface area (Å²) in [6.45, 7) is 0. The van der Waals surface area contributed by atoms with Gasteiger partial charge >= 0.3 is 0 Å². The number of hydrogen-bond donors (Lipinski definition) is 1. The monoisotopic (exact) mass is 299 g/mol. The van der Waals surface area contributed by atoms with Crippen molar-refractivity contribution in [3.8, 4) is 0 Å². The van der Waals surface area contributed by atoms with Crippen LogP contribution in [0, 0.1) is 0 Å². The third kappa shape index (κ3) is 3.53. The largest absolute Gasteiger partial charge is 0.290 e. The van der Waals surface area contributed by atoms with Crippen molar-refractivity contribution in [1.82, 2.24) is 10.4 Å². The van der Waals surface area contributed by atoms with Gasteiger partial charge in [0.2, 0.25) is 0 Å². The van der Waals surface area contributed by atoms with E-state index in [-0.39, 0.29) is 5.91 Å². The van der Waals surface area contributed by atoms with E-state index in [9.17, 15) is 4.79 Å². The molecule has 18 heavy (non-hydrogen) atoms. The van der Waals surface area contributed by atoms with Gasteiger partial charge in [-0.1, -0.05) is 23.2 Å². The summed E-state index contributed by atoms with van der Waals surface area (Å²) in [5.41, 5.74) is 4.97. The molecular formula is C11H7Cl2N3OS. The molecule has 1 heterocycles. The average Bonchev–Trinajstić information content (AvgIpc) is 2.80. The molecule has 0 aliphatic heterocycles. The number of hydrogen-bond acceptors (Lipinski definition) is 4. The van der Waals surface area contributed by atoms with Crippen LogP contribution >= 0.6 is 34.5 Å². The Morgan fingerprint density at radius 1 is 1.33 bits per heavy atom. The van der Waals surface area contributed by atoms with Crippen LogP contribution in [0.1, 0.15) is 16.1 Å². The number of nitrogens with zero attached hydrogens (tertiary/aromatic N) is 2. The van der Waals surface area contributed by atoms with Crippen molar-refractivity contribution in [2.45, 2.75) is 0 Å². The lowest BCUT2D eigenvalue weighted by molar-refractivity contribution is 0.0951. The maximum atomic E-state index is 11.5. The highest BCUT2D eigenvalue weighted by molar-refractivity contribution is 7.07. The molecule has 0 spiro atoms. The Morgan fingerprint density at radius 3 is 2.67 bits per heavy atom. The molecule has 0 saturated heterocycles. The van der Waals surface area contributed by atoms with Crippen LogP contribution in [0.4, 0.5) is 0 Å². The quantitative estimate of drug-likeness (QED) is 0.699. The predicted octanol–water partition coefficient (Wildman–Crippen LogP) is 3.21. The summed E-state index contributed by atoms with van der Waals surface area (Å²) in [5.74, 6) is -0.361. The molecule has 1 aromatic carbocycles. The molecule has 2 aromatic rings. The zero-order valence-electron chi connectivity index (χ0n) is 8.93. The minimum Gasteiger partial charge on any atom is -0.266 e. The lowest BCUT2D eigenvalue weighted by atomic mass is 10.2. The third-order valence-electron chi connectivity index (χ3n) is 1.93. The molecule has 1 aromatic heterocycles. The van der Waals surface area contributed by atoms with E-state index in [0.29, 0.717) is 21.3 Å². The van der Waals surface area contributed by atoms with Crippen molar-refractivity contribution in [2.24, 2.45) is 5.10 Å². The second-order valence-corrected chi connectivity index (χ2v) is 4.87. The lowest BCUT2D eigenvalue weighted by Gasteiger charge is -1.97. The van der Waals surface area contributed by atoms with E-state index < -0.39 is 0 Å². The van der Waals surface area contributed by atoms with Gasteiger partial charge < -0.3 is 0 Å². The van der Waals surface area contributed by atoms with Crippen molar-refractivity contribution < 1.29 is 4.79 Å². The fourth-order valence-corrected chi connectivity index (χ4v) is 2.27. The molecular weight excluding hydrogens is 293 g/mol. The van der Waals surface area contributed by atoms with Crippen LogP contribution in [0.15, 0.2) is 34.2 Å². The molecule has 0 radical (unpaired) electrons. The molecule has 4 nitrogen and oxygen atoms in total. The van der Waals surface area contributed by atoms with E-state index in [1.54, 1.807) is 29.1 Å².